The normalized spacial score (nSPS) is 13.7. The standard InChI is InChI=1S/C20H17N3O/c1-13-17-19(23(21-13)15-9-3-2-4-10-15)16-11-5-7-14-8-6-12-22(18(14)16)20(17)24/h2-5,7,9-11H,6,8,12H2,1H3. The summed E-state index contributed by atoms with van der Waals surface area (Å²) in [5, 5.41) is 6.56. The van der Waals surface area contributed by atoms with Gasteiger partial charge in [-0.25, -0.2) is 4.68 Å². The summed E-state index contributed by atoms with van der Waals surface area (Å²) in [7, 11) is 0. The Balaban J connectivity index is 2.05. The molecule has 0 aliphatic carbocycles. The number of para-hydroxylation sites is 2. The third-order valence-electron chi connectivity index (χ3n) is 4.99. The Hall–Kier alpha value is -2.88. The molecule has 0 unspecified atom stereocenters. The lowest BCUT2D eigenvalue weighted by atomic mass is 9.99. The van der Waals surface area contributed by atoms with Crippen molar-refractivity contribution in [2.75, 3.05) is 0 Å². The van der Waals surface area contributed by atoms with Gasteiger partial charge in [-0.1, -0.05) is 36.4 Å². The van der Waals surface area contributed by atoms with Crippen molar-refractivity contribution in [2.24, 2.45) is 0 Å². The van der Waals surface area contributed by atoms with Crippen LogP contribution in [0.25, 0.3) is 27.5 Å². The second kappa shape index (κ2) is 4.81. The van der Waals surface area contributed by atoms with Crippen LogP contribution in [0.3, 0.4) is 0 Å². The average molecular weight is 315 g/mol. The predicted octanol–water partition coefficient (Wildman–Crippen LogP) is 3.60. The maximum atomic E-state index is 13.1. The van der Waals surface area contributed by atoms with Crippen LogP contribution in [-0.4, -0.2) is 14.3 Å². The molecule has 0 N–H and O–H groups in total. The third kappa shape index (κ3) is 1.68. The van der Waals surface area contributed by atoms with E-state index in [4.69, 9.17) is 5.10 Å². The summed E-state index contributed by atoms with van der Waals surface area (Å²) in [5.74, 6) is 0. The van der Waals surface area contributed by atoms with Gasteiger partial charge in [0.2, 0.25) is 0 Å². The van der Waals surface area contributed by atoms with E-state index in [1.807, 2.05) is 46.5 Å². The number of aryl methyl sites for hydroxylation is 3. The van der Waals surface area contributed by atoms with Crippen molar-refractivity contribution in [3.05, 3.63) is 70.1 Å². The Morgan fingerprint density at radius 2 is 1.83 bits per heavy atom. The van der Waals surface area contributed by atoms with E-state index < -0.39 is 0 Å². The van der Waals surface area contributed by atoms with E-state index in [-0.39, 0.29) is 5.56 Å². The highest BCUT2D eigenvalue weighted by Gasteiger charge is 2.22. The zero-order valence-electron chi connectivity index (χ0n) is 13.5. The quantitative estimate of drug-likeness (QED) is 0.538. The van der Waals surface area contributed by atoms with Crippen molar-refractivity contribution in [1.82, 2.24) is 14.3 Å². The van der Waals surface area contributed by atoms with Gasteiger partial charge in [0.15, 0.2) is 0 Å². The molecule has 0 spiro atoms. The molecular formula is C20H17N3O. The number of hydrogen-bond donors (Lipinski definition) is 0. The second-order valence-electron chi connectivity index (χ2n) is 6.43. The van der Waals surface area contributed by atoms with Crippen LogP contribution in [0.2, 0.25) is 0 Å². The summed E-state index contributed by atoms with van der Waals surface area (Å²) in [6.07, 6.45) is 2.05. The van der Waals surface area contributed by atoms with E-state index in [9.17, 15) is 4.79 Å². The van der Waals surface area contributed by atoms with Gasteiger partial charge in [-0.3, -0.25) is 4.79 Å². The van der Waals surface area contributed by atoms with E-state index in [0.29, 0.717) is 0 Å². The highest BCUT2D eigenvalue weighted by Crippen LogP contribution is 2.31. The van der Waals surface area contributed by atoms with E-state index in [1.165, 1.54) is 5.56 Å². The molecule has 4 aromatic rings. The smallest absolute Gasteiger partial charge is 0.262 e. The summed E-state index contributed by atoms with van der Waals surface area (Å²) < 4.78 is 3.87. The zero-order chi connectivity index (χ0) is 16.3. The van der Waals surface area contributed by atoms with Crippen LogP contribution in [0.5, 0.6) is 0 Å². The molecule has 118 valence electrons. The summed E-state index contributed by atoms with van der Waals surface area (Å²) in [4.78, 5) is 13.1. The molecule has 1 aliphatic heterocycles. The van der Waals surface area contributed by atoms with Crippen LogP contribution in [-0.2, 0) is 13.0 Å². The number of benzene rings is 2. The number of rotatable bonds is 1. The third-order valence-corrected chi connectivity index (χ3v) is 4.99. The maximum Gasteiger partial charge on any atom is 0.262 e. The van der Waals surface area contributed by atoms with E-state index in [2.05, 4.69) is 18.2 Å². The highest BCUT2D eigenvalue weighted by molar-refractivity contribution is 6.06. The first-order chi connectivity index (χ1) is 11.8. The van der Waals surface area contributed by atoms with Crippen molar-refractivity contribution in [3.8, 4) is 5.69 Å². The van der Waals surface area contributed by atoms with Gasteiger partial charge in [0.25, 0.3) is 5.56 Å². The van der Waals surface area contributed by atoms with Gasteiger partial charge in [0.1, 0.15) is 0 Å². The first-order valence-corrected chi connectivity index (χ1v) is 8.35. The highest BCUT2D eigenvalue weighted by atomic mass is 16.1. The fourth-order valence-electron chi connectivity index (χ4n) is 3.97. The van der Waals surface area contributed by atoms with Crippen LogP contribution in [0.1, 0.15) is 17.7 Å². The van der Waals surface area contributed by atoms with Crippen molar-refractivity contribution in [2.45, 2.75) is 26.3 Å². The molecule has 0 radical (unpaired) electrons. The largest absolute Gasteiger partial charge is 0.307 e. The molecule has 0 saturated carbocycles. The molecule has 0 bridgehead atoms. The summed E-state index contributed by atoms with van der Waals surface area (Å²) in [6, 6.07) is 16.4. The van der Waals surface area contributed by atoms with Gasteiger partial charge in [-0.05, 0) is 37.5 Å². The van der Waals surface area contributed by atoms with Crippen molar-refractivity contribution >= 4 is 21.8 Å². The Morgan fingerprint density at radius 1 is 1.00 bits per heavy atom. The Kier molecular flexibility index (Phi) is 2.71. The summed E-state index contributed by atoms with van der Waals surface area (Å²) in [5.41, 5.74) is 5.13. The Labute approximate surface area is 139 Å². The molecular weight excluding hydrogens is 298 g/mol. The van der Waals surface area contributed by atoms with Crippen LogP contribution in [0.4, 0.5) is 0 Å². The Bertz CT molecular complexity index is 1150. The van der Waals surface area contributed by atoms with Crippen LogP contribution in [0, 0.1) is 6.92 Å². The minimum Gasteiger partial charge on any atom is -0.307 e. The molecule has 2 aromatic carbocycles. The molecule has 2 aromatic heterocycles. The van der Waals surface area contributed by atoms with Crippen molar-refractivity contribution < 1.29 is 0 Å². The lowest BCUT2D eigenvalue weighted by Gasteiger charge is -2.20. The molecule has 5 rings (SSSR count). The minimum atomic E-state index is 0.0873. The van der Waals surface area contributed by atoms with E-state index >= 15 is 0 Å². The van der Waals surface area contributed by atoms with E-state index in [0.717, 1.165) is 52.6 Å². The molecule has 4 nitrogen and oxygen atoms in total. The molecule has 0 atom stereocenters. The maximum absolute atomic E-state index is 13.1. The van der Waals surface area contributed by atoms with Gasteiger partial charge < -0.3 is 4.57 Å². The average Bonchev–Trinajstić information content (AvgIpc) is 2.98. The number of hydrogen-bond acceptors (Lipinski definition) is 2. The SMILES string of the molecule is Cc1nn(-c2ccccc2)c2c1c(=O)n1c3c(cccc23)CCC1. The number of nitrogens with zero attached hydrogens (tertiary/aromatic N) is 3. The molecule has 0 saturated heterocycles. The Morgan fingerprint density at radius 3 is 2.67 bits per heavy atom. The topological polar surface area (TPSA) is 39.8 Å². The number of pyridine rings is 1. The lowest BCUT2D eigenvalue weighted by Crippen LogP contribution is -2.25. The monoisotopic (exact) mass is 315 g/mol. The molecule has 0 fully saturated rings. The van der Waals surface area contributed by atoms with Crippen LogP contribution in [0.15, 0.2) is 53.3 Å². The van der Waals surface area contributed by atoms with Crippen LogP contribution >= 0.6 is 0 Å². The lowest BCUT2D eigenvalue weighted by molar-refractivity contribution is 0.619. The number of aromatic nitrogens is 3. The van der Waals surface area contributed by atoms with Gasteiger partial charge in [-0.15, -0.1) is 0 Å². The number of fused-ring (bicyclic) bond motifs is 2. The minimum absolute atomic E-state index is 0.0873. The van der Waals surface area contributed by atoms with Gasteiger partial charge in [0, 0.05) is 11.9 Å². The van der Waals surface area contributed by atoms with E-state index in [1.54, 1.807) is 0 Å². The molecule has 4 heteroatoms. The van der Waals surface area contributed by atoms with Gasteiger partial charge >= 0.3 is 0 Å². The molecule has 1 aliphatic rings. The first kappa shape index (κ1) is 13.5. The molecule has 3 heterocycles. The fourth-order valence-corrected chi connectivity index (χ4v) is 3.97. The zero-order valence-corrected chi connectivity index (χ0v) is 13.5. The molecule has 0 amide bonds. The van der Waals surface area contributed by atoms with Crippen LogP contribution < -0.4 is 5.56 Å². The first-order valence-electron chi connectivity index (χ1n) is 8.35. The van der Waals surface area contributed by atoms with Gasteiger partial charge in [0.05, 0.1) is 27.8 Å². The van der Waals surface area contributed by atoms with Crippen molar-refractivity contribution in [1.29, 1.82) is 0 Å². The summed E-state index contributed by atoms with van der Waals surface area (Å²) >= 11 is 0. The predicted molar refractivity (Wildman–Crippen MR) is 95.9 cm³/mol. The summed E-state index contributed by atoms with van der Waals surface area (Å²) in [6.45, 7) is 2.72. The second-order valence-corrected chi connectivity index (χ2v) is 6.43. The molecule has 24 heavy (non-hydrogen) atoms. The van der Waals surface area contributed by atoms with Gasteiger partial charge in [-0.2, -0.15) is 5.10 Å². The van der Waals surface area contributed by atoms with Crippen molar-refractivity contribution in [3.63, 3.8) is 0 Å². The fraction of sp³-hybridized carbons (Fsp3) is 0.200.